The normalized spacial score (nSPS) is 12.5. The zero-order valence-electron chi connectivity index (χ0n) is 8.75. The average Bonchev–Trinajstić information content (AvgIpc) is 2.26. The number of aromatic nitrogens is 1. The van der Waals surface area contributed by atoms with Crippen LogP contribution in [0.25, 0.3) is 0 Å². The molecule has 1 aromatic rings. The first-order chi connectivity index (χ1) is 7.76. The summed E-state index contributed by atoms with van der Waals surface area (Å²) in [6, 6.07) is 2.86. The van der Waals surface area contributed by atoms with Gasteiger partial charge in [-0.15, -0.1) is 0 Å². The minimum Gasteiger partial charge on any atom is -0.386 e. The lowest BCUT2D eigenvalue weighted by molar-refractivity contribution is -0.121. The van der Waals surface area contributed by atoms with Gasteiger partial charge in [-0.2, -0.15) is 13.2 Å². The number of rotatable bonds is 4. The van der Waals surface area contributed by atoms with Crippen LogP contribution in [0.3, 0.4) is 0 Å². The van der Waals surface area contributed by atoms with E-state index in [0.29, 0.717) is 0 Å². The van der Waals surface area contributed by atoms with E-state index in [1.54, 1.807) is 0 Å². The fourth-order valence-electron chi connectivity index (χ4n) is 1.04. The molecule has 0 bridgehead atoms. The maximum atomic E-state index is 11.9. The van der Waals surface area contributed by atoms with Crippen molar-refractivity contribution in [1.29, 1.82) is 0 Å². The van der Waals surface area contributed by atoms with E-state index >= 15 is 0 Å². The molecule has 1 rings (SSSR count). The Morgan fingerprint density at radius 1 is 1.41 bits per heavy atom. The number of nitrogens with zero attached hydrogens (tertiary/aromatic N) is 1. The van der Waals surface area contributed by atoms with Gasteiger partial charge in [0.25, 0.3) is 10.0 Å². The Bertz CT molecular complexity index is 487. The second kappa shape index (κ2) is 4.88. The fraction of sp³-hybridized carbons (Fsp3) is 0.375. The van der Waals surface area contributed by atoms with Crippen molar-refractivity contribution in [1.82, 2.24) is 9.71 Å². The van der Waals surface area contributed by atoms with Crippen molar-refractivity contribution < 1.29 is 21.6 Å². The number of sulfonamides is 1. The van der Waals surface area contributed by atoms with Crippen LogP contribution in [-0.2, 0) is 10.0 Å². The SMILES string of the molecule is CNc1cccnc1S(=O)(=O)NCC(F)(F)F. The molecule has 2 N–H and O–H groups in total. The van der Waals surface area contributed by atoms with Crippen LogP contribution in [0.2, 0.25) is 0 Å². The Kier molecular flexibility index (Phi) is 3.94. The van der Waals surface area contributed by atoms with E-state index in [1.165, 1.54) is 30.1 Å². The molecule has 9 heteroatoms. The molecule has 0 fully saturated rings. The van der Waals surface area contributed by atoms with Gasteiger partial charge in [0.15, 0.2) is 5.03 Å². The lowest BCUT2D eigenvalue weighted by Crippen LogP contribution is -2.34. The monoisotopic (exact) mass is 269 g/mol. The molecular formula is C8H10F3N3O2S. The van der Waals surface area contributed by atoms with Crippen molar-refractivity contribution in [2.45, 2.75) is 11.2 Å². The summed E-state index contributed by atoms with van der Waals surface area (Å²) in [4.78, 5) is 3.54. The van der Waals surface area contributed by atoms with Gasteiger partial charge >= 0.3 is 6.18 Å². The quantitative estimate of drug-likeness (QED) is 0.854. The molecular weight excluding hydrogens is 259 g/mol. The lowest BCUT2D eigenvalue weighted by atomic mass is 10.4. The maximum Gasteiger partial charge on any atom is 0.402 e. The van der Waals surface area contributed by atoms with Crippen LogP contribution < -0.4 is 10.0 Å². The molecule has 17 heavy (non-hydrogen) atoms. The highest BCUT2D eigenvalue weighted by molar-refractivity contribution is 7.89. The summed E-state index contributed by atoms with van der Waals surface area (Å²) in [5.74, 6) is 0. The van der Waals surface area contributed by atoms with E-state index in [-0.39, 0.29) is 5.69 Å². The Morgan fingerprint density at radius 2 is 2.06 bits per heavy atom. The molecule has 0 radical (unpaired) electrons. The molecule has 0 saturated heterocycles. The standard InChI is InChI=1S/C8H10F3N3O2S/c1-12-6-3-2-4-13-7(6)17(15,16)14-5-8(9,10)11/h2-4,12,14H,5H2,1H3. The van der Waals surface area contributed by atoms with Crippen molar-refractivity contribution >= 4 is 15.7 Å². The Hall–Kier alpha value is -1.35. The van der Waals surface area contributed by atoms with Crippen molar-refractivity contribution in [3.8, 4) is 0 Å². The second-order valence-electron chi connectivity index (χ2n) is 3.05. The van der Waals surface area contributed by atoms with Gasteiger partial charge in [-0.3, -0.25) is 0 Å². The van der Waals surface area contributed by atoms with E-state index in [2.05, 4.69) is 10.3 Å². The van der Waals surface area contributed by atoms with Gasteiger partial charge in [0, 0.05) is 13.2 Å². The molecule has 0 saturated carbocycles. The molecule has 96 valence electrons. The highest BCUT2D eigenvalue weighted by Gasteiger charge is 2.31. The summed E-state index contributed by atoms with van der Waals surface area (Å²) in [7, 11) is -2.84. The first kappa shape index (κ1) is 13.7. The summed E-state index contributed by atoms with van der Waals surface area (Å²) in [6.45, 7) is -1.63. The molecule has 0 spiro atoms. The zero-order valence-corrected chi connectivity index (χ0v) is 9.56. The number of anilines is 1. The summed E-state index contributed by atoms with van der Waals surface area (Å²) in [5.41, 5.74) is 0.127. The van der Waals surface area contributed by atoms with Crippen LogP contribution in [0.5, 0.6) is 0 Å². The average molecular weight is 269 g/mol. The van der Waals surface area contributed by atoms with Crippen LogP contribution in [0.1, 0.15) is 0 Å². The van der Waals surface area contributed by atoms with Gasteiger partial charge in [-0.05, 0) is 12.1 Å². The number of pyridine rings is 1. The first-order valence-electron chi connectivity index (χ1n) is 4.45. The summed E-state index contributed by atoms with van der Waals surface area (Å²) in [6.07, 6.45) is -3.43. The third-order valence-corrected chi connectivity index (χ3v) is 3.12. The van der Waals surface area contributed by atoms with Gasteiger partial charge in [0.2, 0.25) is 0 Å². The highest BCUT2D eigenvalue weighted by atomic mass is 32.2. The molecule has 1 aromatic heterocycles. The van der Waals surface area contributed by atoms with Crippen molar-refractivity contribution in [3.63, 3.8) is 0 Å². The smallest absolute Gasteiger partial charge is 0.386 e. The van der Waals surface area contributed by atoms with E-state index in [0.717, 1.165) is 0 Å². The van der Waals surface area contributed by atoms with Crippen LogP contribution >= 0.6 is 0 Å². The van der Waals surface area contributed by atoms with Crippen molar-refractivity contribution in [2.75, 3.05) is 18.9 Å². The van der Waals surface area contributed by atoms with E-state index in [9.17, 15) is 21.6 Å². The molecule has 0 aliphatic carbocycles. The molecule has 0 aromatic carbocycles. The Balaban J connectivity index is 2.98. The Labute approximate surface area is 96.1 Å². The van der Waals surface area contributed by atoms with Gasteiger partial charge < -0.3 is 5.32 Å². The minimum atomic E-state index is -4.61. The maximum absolute atomic E-state index is 11.9. The van der Waals surface area contributed by atoms with Gasteiger partial charge in [-0.1, -0.05) is 0 Å². The van der Waals surface area contributed by atoms with E-state index < -0.39 is 27.8 Å². The number of alkyl halides is 3. The van der Waals surface area contributed by atoms with Gasteiger partial charge in [0.05, 0.1) is 5.69 Å². The number of halogens is 3. The van der Waals surface area contributed by atoms with E-state index in [4.69, 9.17) is 0 Å². The number of nitrogens with one attached hydrogen (secondary N) is 2. The molecule has 1 heterocycles. The van der Waals surface area contributed by atoms with Crippen molar-refractivity contribution in [2.24, 2.45) is 0 Å². The third-order valence-electron chi connectivity index (χ3n) is 1.76. The fourth-order valence-corrected chi connectivity index (χ4v) is 2.19. The van der Waals surface area contributed by atoms with Crippen molar-refractivity contribution in [3.05, 3.63) is 18.3 Å². The molecule has 0 aliphatic heterocycles. The number of hydrogen-bond donors (Lipinski definition) is 2. The third kappa shape index (κ3) is 3.86. The highest BCUT2D eigenvalue weighted by Crippen LogP contribution is 2.19. The second-order valence-corrected chi connectivity index (χ2v) is 4.73. The van der Waals surface area contributed by atoms with E-state index in [1.807, 2.05) is 0 Å². The van der Waals surface area contributed by atoms with Gasteiger partial charge in [-0.25, -0.2) is 18.1 Å². The molecule has 0 unspecified atom stereocenters. The largest absolute Gasteiger partial charge is 0.402 e. The number of hydrogen-bond acceptors (Lipinski definition) is 4. The molecule has 0 atom stereocenters. The predicted molar refractivity (Wildman–Crippen MR) is 55.0 cm³/mol. The van der Waals surface area contributed by atoms with Gasteiger partial charge in [0.1, 0.15) is 6.54 Å². The minimum absolute atomic E-state index is 0.127. The van der Waals surface area contributed by atoms with Crippen LogP contribution in [0.15, 0.2) is 23.4 Å². The first-order valence-corrected chi connectivity index (χ1v) is 5.94. The van der Waals surface area contributed by atoms with Crippen LogP contribution in [0, 0.1) is 0 Å². The molecule has 0 aliphatic rings. The summed E-state index contributed by atoms with van der Waals surface area (Å²) < 4.78 is 60.3. The lowest BCUT2D eigenvalue weighted by Gasteiger charge is -2.11. The topological polar surface area (TPSA) is 71.1 Å². The van der Waals surface area contributed by atoms with Crippen LogP contribution in [0.4, 0.5) is 18.9 Å². The summed E-state index contributed by atoms with van der Waals surface area (Å²) >= 11 is 0. The Morgan fingerprint density at radius 3 is 2.59 bits per heavy atom. The zero-order chi connectivity index (χ0) is 13.1. The molecule has 5 nitrogen and oxygen atoms in total. The molecule has 0 amide bonds. The van der Waals surface area contributed by atoms with Crippen LogP contribution in [-0.4, -0.2) is 33.2 Å². The summed E-state index contributed by atoms with van der Waals surface area (Å²) in [5, 5.41) is 2.07. The predicted octanol–water partition coefficient (Wildman–Crippen LogP) is 0.964.